The molecule has 1 aliphatic heterocycles. The summed E-state index contributed by atoms with van der Waals surface area (Å²) in [4.78, 5) is 24.9. The fourth-order valence-corrected chi connectivity index (χ4v) is 2.18. The normalized spacial score (nSPS) is 16.4. The fourth-order valence-electron chi connectivity index (χ4n) is 2.18. The van der Waals surface area contributed by atoms with Crippen LogP contribution in [0.4, 0.5) is 0 Å². The maximum Gasteiger partial charge on any atom is 0.255 e. The van der Waals surface area contributed by atoms with E-state index >= 15 is 0 Å². The molecule has 0 bridgehead atoms. The smallest absolute Gasteiger partial charge is 0.255 e. The van der Waals surface area contributed by atoms with Gasteiger partial charge in [-0.25, -0.2) is 0 Å². The SMILES string of the molecule is CC(c1cccc(C#CCCO)c1)N1C(=O)COCC1=O. The van der Waals surface area contributed by atoms with Crippen LogP contribution in [0.25, 0.3) is 0 Å². The standard InChI is InChI=1S/C16H17NO4/c1-12(17-15(19)10-21-11-16(17)20)14-7-4-6-13(9-14)5-2-3-8-18/h4,6-7,9,12,18H,3,8,10-11H2,1H3. The largest absolute Gasteiger partial charge is 0.395 e. The summed E-state index contributed by atoms with van der Waals surface area (Å²) in [6, 6.07) is 7.05. The quantitative estimate of drug-likeness (QED) is 0.661. The number of imide groups is 1. The maximum absolute atomic E-state index is 11.8. The molecule has 5 heteroatoms. The molecule has 110 valence electrons. The highest BCUT2D eigenvalue weighted by molar-refractivity contribution is 5.98. The van der Waals surface area contributed by atoms with Gasteiger partial charge in [0, 0.05) is 12.0 Å². The summed E-state index contributed by atoms with van der Waals surface area (Å²) in [7, 11) is 0. The number of morpholine rings is 1. The van der Waals surface area contributed by atoms with Gasteiger partial charge in [-0.15, -0.1) is 0 Å². The van der Waals surface area contributed by atoms with Gasteiger partial charge in [0.1, 0.15) is 13.2 Å². The fraction of sp³-hybridized carbons (Fsp3) is 0.375. The highest BCUT2D eigenvalue weighted by Crippen LogP contribution is 2.23. The van der Waals surface area contributed by atoms with E-state index in [1.807, 2.05) is 24.3 Å². The number of carbonyl (C=O) groups excluding carboxylic acids is 2. The Morgan fingerprint density at radius 2 is 2.05 bits per heavy atom. The summed E-state index contributed by atoms with van der Waals surface area (Å²) >= 11 is 0. The van der Waals surface area contributed by atoms with Gasteiger partial charge in [0.05, 0.1) is 12.6 Å². The lowest BCUT2D eigenvalue weighted by Gasteiger charge is -2.30. The van der Waals surface area contributed by atoms with E-state index in [1.54, 1.807) is 6.92 Å². The third kappa shape index (κ3) is 3.69. The van der Waals surface area contributed by atoms with E-state index in [0.29, 0.717) is 6.42 Å². The Morgan fingerprint density at radius 3 is 2.71 bits per heavy atom. The van der Waals surface area contributed by atoms with Crippen LogP contribution in [0.5, 0.6) is 0 Å². The van der Waals surface area contributed by atoms with Crippen molar-refractivity contribution in [2.75, 3.05) is 19.8 Å². The van der Waals surface area contributed by atoms with Crippen molar-refractivity contribution < 1.29 is 19.4 Å². The predicted molar refractivity (Wildman–Crippen MR) is 76.1 cm³/mol. The zero-order chi connectivity index (χ0) is 15.2. The number of benzene rings is 1. The lowest BCUT2D eigenvalue weighted by molar-refractivity contribution is -0.161. The third-order valence-electron chi connectivity index (χ3n) is 3.21. The van der Waals surface area contributed by atoms with Crippen molar-refractivity contribution in [3.63, 3.8) is 0 Å². The molecular weight excluding hydrogens is 270 g/mol. The van der Waals surface area contributed by atoms with Crippen LogP contribution in [0, 0.1) is 11.8 Å². The van der Waals surface area contributed by atoms with Gasteiger partial charge in [0.2, 0.25) is 0 Å². The molecule has 1 aromatic rings. The van der Waals surface area contributed by atoms with Gasteiger partial charge in [0.15, 0.2) is 0 Å². The second-order valence-corrected chi connectivity index (χ2v) is 4.73. The van der Waals surface area contributed by atoms with Crippen LogP contribution in [0.3, 0.4) is 0 Å². The van der Waals surface area contributed by atoms with Gasteiger partial charge in [-0.3, -0.25) is 14.5 Å². The van der Waals surface area contributed by atoms with Crippen molar-refractivity contribution in [1.29, 1.82) is 0 Å². The highest BCUT2D eigenvalue weighted by Gasteiger charge is 2.31. The zero-order valence-corrected chi connectivity index (χ0v) is 11.8. The predicted octanol–water partition coefficient (Wildman–Crippen LogP) is 0.867. The molecule has 2 amide bonds. The van der Waals surface area contributed by atoms with E-state index in [4.69, 9.17) is 9.84 Å². The molecular formula is C16H17NO4. The first kappa shape index (κ1) is 15.2. The minimum atomic E-state index is -0.353. The lowest BCUT2D eigenvalue weighted by Crippen LogP contribution is -2.47. The Morgan fingerprint density at radius 1 is 1.33 bits per heavy atom. The number of ether oxygens (including phenoxy) is 1. The first-order chi connectivity index (χ1) is 10.1. The van der Waals surface area contributed by atoms with E-state index in [9.17, 15) is 9.59 Å². The first-order valence-corrected chi connectivity index (χ1v) is 6.76. The maximum atomic E-state index is 11.8. The number of hydrogen-bond donors (Lipinski definition) is 1. The van der Waals surface area contributed by atoms with Crippen LogP contribution in [-0.2, 0) is 14.3 Å². The van der Waals surface area contributed by atoms with Gasteiger partial charge in [-0.05, 0) is 24.6 Å². The Bertz CT molecular complexity index is 584. The van der Waals surface area contributed by atoms with E-state index in [-0.39, 0.29) is 37.7 Å². The minimum Gasteiger partial charge on any atom is -0.395 e. The molecule has 1 aliphatic rings. The summed E-state index contributed by atoms with van der Waals surface area (Å²) in [6.45, 7) is 1.71. The van der Waals surface area contributed by atoms with E-state index in [0.717, 1.165) is 11.1 Å². The van der Waals surface area contributed by atoms with Crippen LogP contribution >= 0.6 is 0 Å². The summed E-state index contributed by atoms with van der Waals surface area (Å²) < 4.78 is 4.91. The zero-order valence-electron chi connectivity index (χ0n) is 11.8. The molecule has 0 spiro atoms. The number of rotatable bonds is 3. The van der Waals surface area contributed by atoms with Gasteiger partial charge < -0.3 is 9.84 Å². The molecule has 0 saturated carbocycles. The summed E-state index contributed by atoms with van der Waals surface area (Å²) in [6.07, 6.45) is 0.417. The van der Waals surface area contributed by atoms with Crippen LogP contribution in [0.2, 0.25) is 0 Å². The Balaban J connectivity index is 2.21. The van der Waals surface area contributed by atoms with Crippen LogP contribution in [0.15, 0.2) is 24.3 Å². The topological polar surface area (TPSA) is 66.8 Å². The molecule has 1 N–H and O–H groups in total. The van der Waals surface area contributed by atoms with Gasteiger partial charge in [-0.2, -0.15) is 0 Å². The Hall–Kier alpha value is -2.16. The summed E-state index contributed by atoms with van der Waals surface area (Å²) in [5.74, 6) is 5.14. The van der Waals surface area contributed by atoms with Crippen molar-refractivity contribution >= 4 is 11.8 Å². The van der Waals surface area contributed by atoms with E-state index in [1.165, 1.54) is 4.90 Å². The molecule has 1 unspecified atom stereocenters. The number of carbonyl (C=O) groups is 2. The monoisotopic (exact) mass is 287 g/mol. The summed E-state index contributed by atoms with van der Waals surface area (Å²) in [5, 5.41) is 8.72. The third-order valence-corrected chi connectivity index (χ3v) is 3.21. The Kier molecular flexibility index (Phi) is 5.09. The lowest BCUT2D eigenvalue weighted by atomic mass is 10.0. The summed E-state index contributed by atoms with van der Waals surface area (Å²) in [5.41, 5.74) is 1.63. The van der Waals surface area contributed by atoms with Gasteiger partial charge in [-0.1, -0.05) is 24.0 Å². The Labute approximate surface area is 123 Å². The van der Waals surface area contributed by atoms with Gasteiger partial charge >= 0.3 is 0 Å². The number of hydrogen-bond acceptors (Lipinski definition) is 4. The number of amides is 2. The molecule has 5 nitrogen and oxygen atoms in total. The van der Waals surface area contributed by atoms with Gasteiger partial charge in [0.25, 0.3) is 11.8 Å². The first-order valence-electron chi connectivity index (χ1n) is 6.76. The van der Waals surface area contributed by atoms with Crippen molar-refractivity contribution in [1.82, 2.24) is 4.90 Å². The molecule has 1 aromatic carbocycles. The number of nitrogens with zero attached hydrogens (tertiary/aromatic N) is 1. The molecule has 1 atom stereocenters. The van der Waals surface area contributed by atoms with Crippen LogP contribution in [-0.4, -0.2) is 41.6 Å². The van der Waals surface area contributed by atoms with Crippen molar-refractivity contribution in [3.05, 3.63) is 35.4 Å². The molecule has 0 aliphatic carbocycles. The molecule has 1 heterocycles. The minimum absolute atomic E-state index is 0.0277. The molecule has 0 aromatic heterocycles. The average Bonchev–Trinajstić information content (AvgIpc) is 2.47. The van der Waals surface area contributed by atoms with E-state index in [2.05, 4.69) is 11.8 Å². The van der Waals surface area contributed by atoms with Crippen LogP contribution in [0.1, 0.15) is 30.5 Å². The van der Waals surface area contributed by atoms with Crippen LogP contribution < -0.4 is 0 Å². The second kappa shape index (κ2) is 7.02. The number of aliphatic hydroxyl groups is 1. The second-order valence-electron chi connectivity index (χ2n) is 4.73. The van der Waals surface area contributed by atoms with E-state index < -0.39 is 0 Å². The van der Waals surface area contributed by atoms with Crippen molar-refractivity contribution in [3.8, 4) is 11.8 Å². The highest BCUT2D eigenvalue weighted by atomic mass is 16.5. The molecule has 1 fully saturated rings. The average molecular weight is 287 g/mol. The molecule has 21 heavy (non-hydrogen) atoms. The van der Waals surface area contributed by atoms with Crippen molar-refractivity contribution in [2.45, 2.75) is 19.4 Å². The number of aliphatic hydroxyl groups excluding tert-OH is 1. The van der Waals surface area contributed by atoms with Crippen molar-refractivity contribution in [2.24, 2.45) is 0 Å². The molecule has 2 rings (SSSR count). The molecule has 1 saturated heterocycles. The molecule has 0 radical (unpaired) electrons.